The molecule has 8 heteroatoms. The SMILES string of the molecule is O=C(O)[C@@H]1CC(O)CN1C(=O)CSc1ccc(F)cc1F. The number of hydrogen-bond acceptors (Lipinski definition) is 4. The molecule has 0 aromatic heterocycles. The van der Waals surface area contributed by atoms with Crippen LogP contribution < -0.4 is 0 Å². The van der Waals surface area contributed by atoms with E-state index in [0.717, 1.165) is 22.7 Å². The number of benzene rings is 1. The van der Waals surface area contributed by atoms with Crippen molar-refractivity contribution in [1.82, 2.24) is 4.90 Å². The van der Waals surface area contributed by atoms with Gasteiger partial charge in [-0.3, -0.25) is 4.79 Å². The summed E-state index contributed by atoms with van der Waals surface area (Å²) in [6.07, 6.45) is -0.890. The number of carbonyl (C=O) groups excluding carboxylic acids is 1. The van der Waals surface area contributed by atoms with Crippen LogP contribution >= 0.6 is 11.8 Å². The Hall–Kier alpha value is -1.67. The van der Waals surface area contributed by atoms with Gasteiger partial charge in [-0.1, -0.05) is 0 Å². The minimum Gasteiger partial charge on any atom is -0.480 e. The normalized spacial score (nSPS) is 21.6. The van der Waals surface area contributed by atoms with E-state index in [9.17, 15) is 23.5 Å². The lowest BCUT2D eigenvalue weighted by atomic mass is 10.2. The van der Waals surface area contributed by atoms with Crippen LogP contribution in [0.15, 0.2) is 23.1 Å². The van der Waals surface area contributed by atoms with Crippen LogP contribution in [0.5, 0.6) is 0 Å². The third kappa shape index (κ3) is 3.70. The molecular weight excluding hydrogens is 304 g/mol. The number of β-amino-alcohol motifs (C(OH)–C–C–N with tert-alkyl or cyclic N) is 1. The second-order valence-corrected chi connectivity index (χ2v) is 5.67. The van der Waals surface area contributed by atoms with Gasteiger partial charge in [0.15, 0.2) is 0 Å². The molecule has 114 valence electrons. The molecule has 2 rings (SSSR count). The molecule has 1 unspecified atom stereocenters. The lowest BCUT2D eigenvalue weighted by Crippen LogP contribution is -2.41. The van der Waals surface area contributed by atoms with E-state index >= 15 is 0 Å². The van der Waals surface area contributed by atoms with E-state index in [4.69, 9.17) is 5.11 Å². The first-order chi connectivity index (χ1) is 9.88. The first-order valence-electron chi connectivity index (χ1n) is 6.16. The standard InChI is InChI=1S/C13H13F2NO4S/c14-7-1-2-11(9(15)3-7)21-6-12(18)16-5-8(17)4-10(16)13(19)20/h1-3,8,10,17H,4-6H2,(H,19,20)/t8?,10-/m0/s1. The van der Waals surface area contributed by atoms with Crippen molar-refractivity contribution in [2.75, 3.05) is 12.3 Å². The van der Waals surface area contributed by atoms with Crippen molar-refractivity contribution in [2.24, 2.45) is 0 Å². The van der Waals surface area contributed by atoms with Gasteiger partial charge < -0.3 is 15.1 Å². The highest BCUT2D eigenvalue weighted by atomic mass is 32.2. The molecule has 0 spiro atoms. The van der Waals surface area contributed by atoms with Crippen LogP contribution in [0.1, 0.15) is 6.42 Å². The molecule has 21 heavy (non-hydrogen) atoms. The highest BCUT2D eigenvalue weighted by molar-refractivity contribution is 8.00. The Morgan fingerprint density at radius 3 is 2.71 bits per heavy atom. The molecule has 0 bridgehead atoms. The van der Waals surface area contributed by atoms with Crippen molar-refractivity contribution in [3.8, 4) is 0 Å². The van der Waals surface area contributed by atoms with E-state index in [1.165, 1.54) is 6.07 Å². The van der Waals surface area contributed by atoms with E-state index in [1.54, 1.807) is 0 Å². The maximum absolute atomic E-state index is 13.4. The number of amides is 1. The molecule has 1 saturated heterocycles. The summed E-state index contributed by atoms with van der Waals surface area (Å²) in [6, 6.07) is 1.95. The molecule has 1 amide bonds. The van der Waals surface area contributed by atoms with Gasteiger partial charge in [0.2, 0.25) is 5.91 Å². The number of aliphatic hydroxyl groups is 1. The summed E-state index contributed by atoms with van der Waals surface area (Å²) in [7, 11) is 0. The highest BCUT2D eigenvalue weighted by Crippen LogP contribution is 2.25. The van der Waals surface area contributed by atoms with Gasteiger partial charge in [-0.15, -0.1) is 11.8 Å². The predicted octanol–water partition coefficient (Wildman–Crippen LogP) is 1.10. The average Bonchev–Trinajstić information content (AvgIpc) is 2.80. The molecule has 5 nitrogen and oxygen atoms in total. The van der Waals surface area contributed by atoms with E-state index in [0.29, 0.717) is 6.07 Å². The number of halogens is 2. The lowest BCUT2D eigenvalue weighted by molar-refractivity contribution is -0.147. The summed E-state index contributed by atoms with van der Waals surface area (Å²) in [6.45, 7) is -0.0533. The molecule has 2 N–H and O–H groups in total. The Balaban J connectivity index is 1.99. The van der Waals surface area contributed by atoms with Gasteiger partial charge in [0.25, 0.3) is 0 Å². The molecule has 0 aliphatic carbocycles. The summed E-state index contributed by atoms with van der Waals surface area (Å²) >= 11 is 0.858. The Morgan fingerprint density at radius 1 is 1.38 bits per heavy atom. The molecule has 2 atom stereocenters. The summed E-state index contributed by atoms with van der Waals surface area (Å²) in [5, 5.41) is 18.5. The van der Waals surface area contributed by atoms with Gasteiger partial charge >= 0.3 is 5.97 Å². The second kappa shape index (κ2) is 6.40. The summed E-state index contributed by atoms with van der Waals surface area (Å²) in [5.74, 6) is -3.36. The fraction of sp³-hybridized carbons (Fsp3) is 0.385. The Morgan fingerprint density at radius 2 is 2.10 bits per heavy atom. The van der Waals surface area contributed by atoms with Crippen LogP contribution in [-0.2, 0) is 9.59 Å². The van der Waals surface area contributed by atoms with Crippen LogP contribution in [0.25, 0.3) is 0 Å². The Bertz CT molecular complexity index is 569. The number of hydrogen-bond donors (Lipinski definition) is 2. The highest BCUT2D eigenvalue weighted by Gasteiger charge is 2.38. The molecule has 0 radical (unpaired) electrons. The third-order valence-corrected chi connectivity index (χ3v) is 4.16. The predicted molar refractivity (Wildman–Crippen MR) is 70.8 cm³/mol. The molecule has 1 aromatic rings. The minimum absolute atomic E-state index is 0.0172. The molecule has 1 aromatic carbocycles. The van der Waals surface area contributed by atoms with Crippen LogP contribution in [-0.4, -0.2) is 51.4 Å². The van der Waals surface area contributed by atoms with Crippen molar-refractivity contribution < 1.29 is 28.6 Å². The molecule has 1 fully saturated rings. The zero-order chi connectivity index (χ0) is 15.6. The number of rotatable bonds is 4. The maximum Gasteiger partial charge on any atom is 0.326 e. The number of aliphatic carboxylic acids is 1. The van der Waals surface area contributed by atoms with Crippen molar-refractivity contribution in [3.05, 3.63) is 29.8 Å². The zero-order valence-electron chi connectivity index (χ0n) is 10.8. The number of carboxylic acid groups (broad SMARTS) is 1. The first kappa shape index (κ1) is 15.7. The van der Waals surface area contributed by atoms with E-state index in [-0.39, 0.29) is 23.6 Å². The van der Waals surface area contributed by atoms with E-state index < -0.39 is 35.7 Å². The smallest absolute Gasteiger partial charge is 0.326 e. The quantitative estimate of drug-likeness (QED) is 0.813. The minimum atomic E-state index is -1.18. The molecular formula is C13H13F2NO4S. The fourth-order valence-corrected chi connectivity index (χ4v) is 2.94. The van der Waals surface area contributed by atoms with E-state index in [1.807, 2.05) is 0 Å². The van der Waals surface area contributed by atoms with Crippen LogP contribution in [0.4, 0.5) is 8.78 Å². The zero-order valence-corrected chi connectivity index (χ0v) is 11.6. The largest absolute Gasteiger partial charge is 0.480 e. The number of thioether (sulfide) groups is 1. The van der Waals surface area contributed by atoms with E-state index in [2.05, 4.69) is 0 Å². The van der Waals surface area contributed by atoms with Crippen molar-refractivity contribution in [1.29, 1.82) is 0 Å². The maximum atomic E-state index is 13.4. The monoisotopic (exact) mass is 317 g/mol. The van der Waals surface area contributed by atoms with Gasteiger partial charge in [0, 0.05) is 23.9 Å². The summed E-state index contributed by atoms with van der Waals surface area (Å²) in [4.78, 5) is 24.2. The van der Waals surface area contributed by atoms with Gasteiger partial charge in [0.05, 0.1) is 11.9 Å². The van der Waals surface area contributed by atoms with Crippen molar-refractivity contribution in [3.63, 3.8) is 0 Å². The number of carboxylic acids is 1. The van der Waals surface area contributed by atoms with Crippen LogP contribution in [0.3, 0.4) is 0 Å². The third-order valence-electron chi connectivity index (χ3n) is 3.13. The van der Waals surface area contributed by atoms with Crippen LogP contribution in [0, 0.1) is 11.6 Å². The fourth-order valence-electron chi connectivity index (χ4n) is 2.14. The van der Waals surface area contributed by atoms with Crippen molar-refractivity contribution in [2.45, 2.75) is 23.5 Å². The van der Waals surface area contributed by atoms with Crippen molar-refractivity contribution >= 4 is 23.6 Å². The lowest BCUT2D eigenvalue weighted by Gasteiger charge is -2.20. The van der Waals surface area contributed by atoms with Crippen LogP contribution in [0.2, 0.25) is 0 Å². The Labute approximate surface area is 123 Å². The number of likely N-dealkylation sites (tertiary alicyclic amines) is 1. The van der Waals surface area contributed by atoms with Gasteiger partial charge in [0.1, 0.15) is 17.7 Å². The second-order valence-electron chi connectivity index (χ2n) is 4.65. The number of aliphatic hydroxyl groups excluding tert-OH is 1. The van der Waals surface area contributed by atoms with Gasteiger partial charge in [-0.2, -0.15) is 0 Å². The Kier molecular flexibility index (Phi) is 4.79. The number of nitrogens with zero attached hydrogens (tertiary/aromatic N) is 1. The molecule has 1 aliphatic heterocycles. The summed E-state index contributed by atoms with van der Waals surface area (Å²) in [5.41, 5.74) is 0. The topological polar surface area (TPSA) is 77.8 Å². The summed E-state index contributed by atoms with van der Waals surface area (Å²) < 4.78 is 26.2. The number of carbonyl (C=O) groups is 2. The molecule has 1 heterocycles. The molecule has 0 saturated carbocycles. The molecule has 1 aliphatic rings. The average molecular weight is 317 g/mol. The van der Waals surface area contributed by atoms with Gasteiger partial charge in [-0.05, 0) is 12.1 Å². The van der Waals surface area contributed by atoms with Gasteiger partial charge in [-0.25, -0.2) is 13.6 Å². The first-order valence-corrected chi connectivity index (χ1v) is 7.15.